The van der Waals surface area contributed by atoms with Crippen LogP contribution < -0.4 is 5.32 Å². The number of rotatable bonds is 4. The van der Waals surface area contributed by atoms with Gasteiger partial charge in [0.1, 0.15) is 0 Å². The first-order valence-electron chi connectivity index (χ1n) is 8.03. The van der Waals surface area contributed by atoms with Crippen molar-refractivity contribution >= 4 is 6.03 Å². The van der Waals surface area contributed by atoms with Crippen LogP contribution in [0, 0.1) is 17.6 Å². The second-order valence-corrected chi connectivity index (χ2v) is 6.31. The number of halogens is 2. The number of nitrogens with zero attached hydrogens (tertiary/aromatic N) is 1. The van der Waals surface area contributed by atoms with Gasteiger partial charge in [0, 0.05) is 25.1 Å². The van der Waals surface area contributed by atoms with E-state index < -0.39 is 17.7 Å². The van der Waals surface area contributed by atoms with E-state index in [1.165, 1.54) is 17.0 Å². The number of carbonyl (C=O) groups excluding carboxylic acids is 1. The summed E-state index contributed by atoms with van der Waals surface area (Å²) < 4.78 is 27.0. The van der Waals surface area contributed by atoms with Crippen LogP contribution in [-0.2, 0) is 0 Å². The van der Waals surface area contributed by atoms with E-state index in [1.807, 2.05) is 0 Å². The van der Waals surface area contributed by atoms with E-state index in [9.17, 15) is 18.7 Å². The molecule has 0 unspecified atom stereocenters. The highest BCUT2D eigenvalue weighted by Crippen LogP contribution is 2.25. The zero-order valence-electron chi connectivity index (χ0n) is 13.6. The molecule has 0 heterocycles. The Bertz CT molecular complexity index is 553. The Morgan fingerprint density at radius 1 is 1.39 bits per heavy atom. The van der Waals surface area contributed by atoms with E-state index in [0.29, 0.717) is 6.54 Å². The lowest BCUT2D eigenvalue weighted by atomic mass is 9.86. The maximum atomic E-state index is 13.8. The molecule has 0 radical (unpaired) electrons. The Morgan fingerprint density at radius 3 is 2.78 bits per heavy atom. The van der Waals surface area contributed by atoms with Gasteiger partial charge in [-0.2, -0.15) is 0 Å². The third-order valence-electron chi connectivity index (χ3n) is 4.51. The molecule has 0 saturated heterocycles. The Balaban J connectivity index is 1.93. The lowest BCUT2D eigenvalue weighted by Crippen LogP contribution is -2.43. The van der Waals surface area contributed by atoms with Crippen molar-refractivity contribution in [3.8, 4) is 0 Å². The average molecular weight is 326 g/mol. The summed E-state index contributed by atoms with van der Waals surface area (Å²) in [5.41, 5.74) is 0.115. The predicted molar refractivity (Wildman–Crippen MR) is 83.9 cm³/mol. The maximum absolute atomic E-state index is 13.8. The molecule has 4 nitrogen and oxygen atoms in total. The standard InChI is InChI=1S/C17H24F2N2O2/c1-11(13-7-5-8-14(18)16(13)19)20-17(23)21(2)10-12-6-3-4-9-15(12)22/h5,7-8,11-12,15,22H,3-4,6,9-10H2,1-2H3,(H,20,23)/t11-,12+,15-/m0/s1. The largest absolute Gasteiger partial charge is 0.393 e. The summed E-state index contributed by atoms with van der Waals surface area (Å²) >= 11 is 0. The zero-order valence-corrected chi connectivity index (χ0v) is 13.6. The fourth-order valence-corrected chi connectivity index (χ4v) is 3.06. The summed E-state index contributed by atoms with van der Waals surface area (Å²) in [6, 6.07) is 2.91. The van der Waals surface area contributed by atoms with E-state index in [-0.39, 0.29) is 23.6 Å². The molecule has 0 aromatic heterocycles. The third-order valence-corrected chi connectivity index (χ3v) is 4.51. The number of benzene rings is 1. The van der Waals surface area contributed by atoms with Crippen molar-refractivity contribution in [1.82, 2.24) is 10.2 Å². The van der Waals surface area contributed by atoms with Crippen molar-refractivity contribution in [1.29, 1.82) is 0 Å². The fourth-order valence-electron chi connectivity index (χ4n) is 3.06. The molecule has 1 aromatic carbocycles. The number of carbonyl (C=O) groups is 1. The quantitative estimate of drug-likeness (QED) is 0.892. The van der Waals surface area contributed by atoms with Gasteiger partial charge in [0.2, 0.25) is 0 Å². The van der Waals surface area contributed by atoms with Crippen LogP contribution in [0.5, 0.6) is 0 Å². The minimum absolute atomic E-state index is 0.0701. The topological polar surface area (TPSA) is 52.6 Å². The van der Waals surface area contributed by atoms with E-state index in [1.54, 1.807) is 14.0 Å². The minimum Gasteiger partial charge on any atom is -0.393 e. The van der Waals surface area contributed by atoms with Gasteiger partial charge in [-0.15, -0.1) is 0 Å². The highest BCUT2D eigenvalue weighted by Gasteiger charge is 2.26. The minimum atomic E-state index is -0.939. The molecule has 2 rings (SSSR count). The Morgan fingerprint density at radius 2 is 2.09 bits per heavy atom. The fraction of sp³-hybridized carbons (Fsp3) is 0.588. The number of aliphatic hydroxyl groups excluding tert-OH is 1. The van der Waals surface area contributed by atoms with Crippen LogP contribution in [0.3, 0.4) is 0 Å². The number of urea groups is 1. The first kappa shape index (κ1) is 17.7. The molecule has 128 valence electrons. The first-order valence-corrected chi connectivity index (χ1v) is 8.03. The summed E-state index contributed by atoms with van der Waals surface area (Å²) in [7, 11) is 1.64. The third kappa shape index (κ3) is 4.41. The Hall–Kier alpha value is -1.69. The first-order chi connectivity index (χ1) is 10.9. The molecule has 1 aliphatic rings. The molecule has 0 spiro atoms. The molecule has 1 saturated carbocycles. The summed E-state index contributed by atoms with van der Waals surface area (Å²) in [5.74, 6) is -1.80. The molecule has 23 heavy (non-hydrogen) atoms. The van der Waals surface area contributed by atoms with Crippen LogP contribution in [0.25, 0.3) is 0 Å². The molecule has 0 bridgehead atoms. The Kier molecular flexibility index (Phi) is 5.93. The van der Waals surface area contributed by atoms with Gasteiger partial charge in [-0.05, 0) is 25.8 Å². The van der Waals surface area contributed by atoms with Crippen molar-refractivity contribution in [2.45, 2.75) is 44.8 Å². The van der Waals surface area contributed by atoms with Crippen LogP contribution >= 0.6 is 0 Å². The lowest BCUT2D eigenvalue weighted by molar-refractivity contribution is 0.0563. The Labute approximate surface area is 135 Å². The van der Waals surface area contributed by atoms with Crippen molar-refractivity contribution in [3.63, 3.8) is 0 Å². The molecule has 1 aliphatic carbocycles. The van der Waals surface area contributed by atoms with E-state index in [0.717, 1.165) is 31.7 Å². The summed E-state index contributed by atoms with van der Waals surface area (Å²) in [6.07, 6.45) is 3.36. The summed E-state index contributed by atoms with van der Waals surface area (Å²) in [5, 5.41) is 12.6. The molecule has 1 fully saturated rings. The SMILES string of the molecule is C[C@H](NC(=O)N(C)C[C@H]1CCCC[C@@H]1O)c1cccc(F)c1F. The predicted octanol–water partition coefficient (Wildman–Crippen LogP) is 3.22. The summed E-state index contributed by atoms with van der Waals surface area (Å²) in [6.45, 7) is 2.06. The highest BCUT2D eigenvalue weighted by atomic mass is 19.2. The molecular formula is C17H24F2N2O2. The number of nitrogens with one attached hydrogen (secondary N) is 1. The normalized spacial score (nSPS) is 22.5. The van der Waals surface area contributed by atoms with Crippen molar-refractivity contribution in [3.05, 3.63) is 35.4 Å². The van der Waals surface area contributed by atoms with Gasteiger partial charge >= 0.3 is 6.03 Å². The molecular weight excluding hydrogens is 302 g/mol. The van der Waals surface area contributed by atoms with Crippen LogP contribution in [0.4, 0.5) is 13.6 Å². The molecule has 0 aliphatic heterocycles. The lowest BCUT2D eigenvalue weighted by Gasteiger charge is -2.31. The van der Waals surface area contributed by atoms with Crippen LogP contribution in [0.15, 0.2) is 18.2 Å². The van der Waals surface area contributed by atoms with Gasteiger partial charge in [-0.3, -0.25) is 0 Å². The van der Waals surface area contributed by atoms with Gasteiger partial charge in [0.05, 0.1) is 12.1 Å². The van der Waals surface area contributed by atoms with Gasteiger partial charge in [0.25, 0.3) is 0 Å². The van der Waals surface area contributed by atoms with Crippen molar-refractivity contribution < 1.29 is 18.7 Å². The number of hydrogen-bond donors (Lipinski definition) is 2. The van der Waals surface area contributed by atoms with E-state index in [4.69, 9.17) is 0 Å². The number of amides is 2. The molecule has 3 atom stereocenters. The second-order valence-electron chi connectivity index (χ2n) is 6.31. The van der Waals surface area contributed by atoms with Crippen LogP contribution in [0.1, 0.15) is 44.2 Å². The maximum Gasteiger partial charge on any atom is 0.317 e. The second kappa shape index (κ2) is 7.73. The van der Waals surface area contributed by atoms with E-state index >= 15 is 0 Å². The van der Waals surface area contributed by atoms with Gasteiger partial charge in [-0.1, -0.05) is 25.0 Å². The molecule has 2 amide bonds. The van der Waals surface area contributed by atoms with Crippen molar-refractivity contribution in [2.75, 3.05) is 13.6 Å². The smallest absolute Gasteiger partial charge is 0.317 e. The monoisotopic (exact) mass is 326 g/mol. The van der Waals surface area contributed by atoms with Crippen LogP contribution in [0.2, 0.25) is 0 Å². The molecule has 6 heteroatoms. The number of aliphatic hydroxyl groups is 1. The number of hydrogen-bond acceptors (Lipinski definition) is 2. The van der Waals surface area contributed by atoms with E-state index in [2.05, 4.69) is 5.32 Å². The van der Waals surface area contributed by atoms with Gasteiger partial charge in [-0.25, -0.2) is 13.6 Å². The van der Waals surface area contributed by atoms with Crippen molar-refractivity contribution in [2.24, 2.45) is 5.92 Å². The molecule has 1 aromatic rings. The molecule has 2 N–H and O–H groups in total. The van der Waals surface area contributed by atoms with Gasteiger partial charge in [0.15, 0.2) is 11.6 Å². The summed E-state index contributed by atoms with van der Waals surface area (Å²) in [4.78, 5) is 13.7. The van der Waals surface area contributed by atoms with Gasteiger partial charge < -0.3 is 15.3 Å². The average Bonchev–Trinajstić information content (AvgIpc) is 2.52. The highest BCUT2D eigenvalue weighted by molar-refractivity contribution is 5.74. The van der Waals surface area contributed by atoms with Crippen LogP contribution in [-0.4, -0.2) is 35.7 Å². The zero-order chi connectivity index (χ0) is 17.0.